The standard InChI is InChI=1S/C16H21ClN2O3S/c1-10(12-5-3-9-22-12)18-15(20)11-4-2-8-19(11)16(21)13-6-7-14(17)23-13/h6-7,10-12H,2-5,8-9H2,1H3,(H,18,20)/t10-,11-,12+/m0/s1. The van der Waals surface area contributed by atoms with Crippen LogP contribution in [0.2, 0.25) is 4.34 Å². The quantitative estimate of drug-likeness (QED) is 0.902. The molecule has 0 aliphatic carbocycles. The Morgan fingerprint density at radius 1 is 1.39 bits per heavy atom. The third kappa shape index (κ3) is 3.70. The fraction of sp³-hybridized carbons (Fsp3) is 0.625. The summed E-state index contributed by atoms with van der Waals surface area (Å²) in [6.07, 6.45) is 3.65. The summed E-state index contributed by atoms with van der Waals surface area (Å²) in [5, 5.41) is 3.02. The second kappa shape index (κ2) is 7.20. The SMILES string of the molecule is C[C@H](NC(=O)[C@@H]1CCCN1C(=O)c1ccc(Cl)s1)[C@H]1CCCO1. The Kier molecular flexibility index (Phi) is 5.24. The average molecular weight is 357 g/mol. The number of carbonyl (C=O) groups excluding carboxylic acids is 2. The fourth-order valence-corrected chi connectivity index (χ4v) is 4.26. The topological polar surface area (TPSA) is 58.6 Å². The van der Waals surface area contributed by atoms with Gasteiger partial charge in [0.15, 0.2) is 0 Å². The van der Waals surface area contributed by atoms with Crippen molar-refractivity contribution < 1.29 is 14.3 Å². The van der Waals surface area contributed by atoms with E-state index in [-0.39, 0.29) is 24.0 Å². The summed E-state index contributed by atoms with van der Waals surface area (Å²) in [7, 11) is 0. The van der Waals surface area contributed by atoms with Crippen LogP contribution < -0.4 is 5.32 Å². The molecule has 5 nitrogen and oxygen atoms in total. The predicted molar refractivity (Wildman–Crippen MR) is 90.0 cm³/mol. The molecule has 0 bridgehead atoms. The van der Waals surface area contributed by atoms with Crippen LogP contribution in [0.3, 0.4) is 0 Å². The molecule has 0 radical (unpaired) electrons. The molecule has 3 heterocycles. The number of nitrogens with one attached hydrogen (secondary N) is 1. The van der Waals surface area contributed by atoms with E-state index in [1.165, 1.54) is 11.3 Å². The first kappa shape index (κ1) is 16.7. The highest BCUT2D eigenvalue weighted by Gasteiger charge is 2.36. The van der Waals surface area contributed by atoms with Crippen LogP contribution in [0.15, 0.2) is 12.1 Å². The van der Waals surface area contributed by atoms with Crippen LogP contribution >= 0.6 is 22.9 Å². The average Bonchev–Trinajstić information content (AvgIpc) is 3.27. The molecule has 7 heteroatoms. The maximum Gasteiger partial charge on any atom is 0.264 e. The molecule has 2 aliphatic rings. The molecule has 23 heavy (non-hydrogen) atoms. The Morgan fingerprint density at radius 2 is 2.22 bits per heavy atom. The summed E-state index contributed by atoms with van der Waals surface area (Å²) < 4.78 is 6.20. The van der Waals surface area contributed by atoms with E-state index in [9.17, 15) is 9.59 Å². The minimum absolute atomic E-state index is 0.0289. The molecular formula is C16H21ClN2O3S. The van der Waals surface area contributed by atoms with Gasteiger partial charge in [-0.15, -0.1) is 11.3 Å². The minimum Gasteiger partial charge on any atom is -0.376 e. The van der Waals surface area contributed by atoms with Gasteiger partial charge < -0.3 is 15.0 Å². The van der Waals surface area contributed by atoms with Crippen molar-refractivity contribution in [2.45, 2.75) is 50.8 Å². The van der Waals surface area contributed by atoms with Crippen LogP contribution in [0.4, 0.5) is 0 Å². The number of nitrogens with zero attached hydrogens (tertiary/aromatic N) is 1. The normalized spacial score (nSPS) is 25.6. The number of halogens is 1. The lowest BCUT2D eigenvalue weighted by molar-refractivity contribution is -0.126. The van der Waals surface area contributed by atoms with Crippen LogP contribution in [0.5, 0.6) is 0 Å². The molecule has 126 valence electrons. The third-order valence-corrected chi connectivity index (χ3v) is 5.71. The first-order valence-electron chi connectivity index (χ1n) is 8.04. The Bertz CT molecular complexity index is 586. The Labute approximate surface area is 144 Å². The van der Waals surface area contributed by atoms with Crippen molar-refractivity contribution in [2.75, 3.05) is 13.2 Å². The van der Waals surface area contributed by atoms with E-state index in [1.54, 1.807) is 17.0 Å². The number of carbonyl (C=O) groups is 2. The van der Waals surface area contributed by atoms with Crippen LogP contribution in [0.25, 0.3) is 0 Å². The molecule has 2 aliphatic heterocycles. The molecule has 0 unspecified atom stereocenters. The molecule has 2 saturated heterocycles. The molecule has 3 atom stereocenters. The highest BCUT2D eigenvalue weighted by atomic mass is 35.5. The van der Waals surface area contributed by atoms with E-state index in [4.69, 9.17) is 16.3 Å². The molecule has 0 aromatic carbocycles. The highest BCUT2D eigenvalue weighted by molar-refractivity contribution is 7.17. The van der Waals surface area contributed by atoms with Gasteiger partial charge in [-0.2, -0.15) is 0 Å². The van der Waals surface area contributed by atoms with Crippen LogP contribution in [-0.2, 0) is 9.53 Å². The number of amides is 2. The second-order valence-electron chi connectivity index (χ2n) is 6.11. The van der Waals surface area contributed by atoms with Crippen molar-refractivity contribution >= 4 is 34.8 Å². The zero-order valence-electron chi connectivity index (χ0n) is 13.1. The van der Waals surface area contributed by atoms with Gasteiger partial charge in [0.05, 0.1) is 21.4 Å². The fourth-order valence-electron chi connectivity index (χ4n) is 3.26. The van der Waals surface area contributed by atoms with E-state index in [0.717, 1.165) is 25.9 Å². The molecule has 2 amide bonds. The number of hydrogen-bond donors (Lipinski definition) is 1. The summed E-state index contributed by atoms with van der Waals surface area (Å²) in [6, 6.07) is 3.01. The molecule has 1 aromatic heterocycles. The van der Waals surface area contributed by atoms with Gasteiger partial charge in [0.2, 0.25) is 5.91 Å². The van der Waals surface area contributed by atoms with Gasteiger partial charge in [-0.1, -0.05) is 11.6 Å². The number of rotatable bonds is 4. The van der Waals surface area contributed by atoms with Crippen molar-refractivity contribution in [1.82, 2.24) is 10.2 Å². The van der Waals surface area contributed by atoms with Crippen LogP contribution in [-0.4, -0.2) is 48.1 Å². The second-order valence-corrected chi connectivity index (χ2v) is 7.82. The van der Waals surface area contributed by atoms with Crippen LogP contribution in [0.1, 0.15) is 42.3 Å². The molecule has 1 aromatic rings. The molecule has 1 N–H and O–H groups in total. The monoisotopic (exact) mass is 356 g/mol. The first-order valence-corrected chi connectivity index (χ1v) is 9.24. The van der Waals surface area contributed by atoms with Gasteiger partial charge in [0.1, 0.15) is 6.04 Å². The number of thiophene rings is 1. The molecule has 3 rings (SSSR count). The number of likely N-dealkylation sites (tertiary alicyclic amines) is 1. The van der Waals surface area contributed by atoms with Gasteiger partial charge in [-0.3, -0.25) is 9.59 Å². The van der Waals surface area contributed by atoms with Gasteiger partial charge in [0.25, 0.3) is 5.91 Å². The summed E-state index contributed by atoms with van der Waals surface area (Å²) in [5.74, 6) is -0.189. The Balaban J connectivity index is 1.63. The first-order chi connectivity index (χ1) is 11.1. The largest absolute Gasteiger partial charge is 0.376 e. The van der Waals surface area contributed by atoms with Crippen molar-refractivity contribution in [3.05, 3.63) is 21.3 Å². The van der Waals surface area contributed by atoms with E-state index in [2.05, 4.69) is 5.32 Å². The number of ether oxygens (including phenoxy) is 1. The molecule has 0 saturated carbocycles. The van der Waals surface area contributed by atoms with Gasteiger partial charge in [-0.05, 0) is 44.7 Å². The summed E-state index contributed by atoms with van der Waals surface area (Å²) in [5.41, 5.74) is 0. The van der Waals surface area contributed by atoms with Gasteiger partial charge in [-0.25, -0.2) is 0 Å². The van der Waals surface area contributed by atoms with Crippen molar-refractivity contribution in [3.63, 3.8) is 0 Å². The zero-order valence-corrected chi connectivity index (χ0v) is 14.7. The lowest BCUT2D eigenvalue weighted by atomic mass is 10.1. The minimum atomic E-state index is -0.396. The summed E-state index contributed by atoms with van der Waals surface area (Å²) in [4.78, 5) is 27.4. The lowest BCUT2D eigenvalue weighted by Gasteiger charge is -2.27. The number of hydrogen-bond acceptors (Lipinski definition) is 4. The summed E-state index contributed by atoms with van der Waals surface area (Å²) >= 11 is 7.16. The maximum atomic E-state index is 12.6. The van der Waals surface area contributed by atoms with Crippen LogP contribution in [0, 0.1) is 0 Å². The lowest BCUT2D eigenvalue weighted by Crippen LogP contribution is -2.50. The van der Waals surface area contributed by atoms with E-state index in [0.29, 0.717) is 22.2 Å². The van der Waals surface area contributed by atoms with E-state index in [1.807, 2.05) is 6.92 Å². The van der Waals surface area contributed by atoms with Gasteiger partial charge in [0, 0.05) is 13.2 Å². The van der Waals surface area contributed by atoms with E-state index < -0.39 is 6.04 Å². The van der Waals surface area contributed by atoms with E-state index >= 15 is 0 Å². The zero-order chi connectivity index (χ0) is 16.4. The smallest absolute Gasteiger partial charge is 0.264 e. The molecular weight excluding hydrogens is 336 g/mol. The highest BCUT2D eigenvalue weighted by Crippen LogP contribution is 2.27. The maximum absolute atomic E-state index is 12.6. The van der Waals surface area contributed by atoms with Crippen molar-refractivity contribution in [1.29, 1.82) is 0 Å². The molecule has 2 fully saturated rings. The molecule has 0 spiro atoms. The van der Waals surface area contributed by atoms with Crippen molar-refractivity contribution in [3.8, 4) is 0 Å². The van der Waals surface area contributed by atoms with Gasteiger partial charge >= 0.3 is 0 Å². The summed E-state index contributed by atoms with van der Waals surface area (Å²) in [6.45, 7) is 3.34. The van der Waals surface area contributed by atoms with Crippen molar-refractivity contribution in [2.24, 2.45) is 0 Å². The third-order valence-electron chi connectivity index (χ3n) is 4.49. The Morgan fingerprint density at radius 3 is 2.87 bits per heavy atom. The predicted octanol–water partition coefficient (Wildman–Crippen LogP) is 2.69. The Hall–Kier alpha value is -1.11.